The highest BCUT2D eigenvalue weighted by Crippen LogP contribution is 2.23. The number of halogens is 1. The van der Waals surface area contributed by atoms with Crippen molar-refractivity contribution in [1.82, 2.24) is 0 Å². The van der Waals surface area contributed by atoms with Crippen molar-refractivity contribution >= 4 is 29.1 Å². The van der Waals surface area contributed by atoms with Crippen LogP contribution in [0, 0.1) is 0 Å². The summed E-state index contributed by atoms with van der Waals surface area (Å²) in [6, 6.07) is 8.98. The Morgan fingerprint density at radius 2 is 1.61 bits per heavy atom. The number of nitrogens with one attached hydrogen (secondary N) is 1. The Hall–Kier alpha value is -2.41. The van der Waals surface area contributed by atoms with Gasteiger partial charge in [-0.2, -0.15) is 0 Å². The van der Waals surface area contributed by atoms with Crippen LogP contribution in [0.1, 0.15) is 31.8 Å². The van der Waals surface area contributed by atoms with Crippen molar-refractivity contribution in [3.63, 3.8) is 0 Å². The number of aliphatic hydroxyl groups excluding tert-OH is 2. The lowest BCUT2D eigenvalue weighted by Gasteiger charge is -2.14. The van der Waals surface area contributed by atoms with E-state index in [1.54, 1.807) is 12.1 Å². The van der Waals surface area contributed by atoms with Crippen LogP contribution < -0.4 is 11.1 Å². The number of amides is 2. The van der Waals surface area contributed by atoms with Gasteiger partial charge in [0.1, 0.15) is 0 Å². The third kappa shape index (κ3) is 3.87. The summed E-state index contributed by atoms with van der Waals surface area (Å²) in [6.07, 6.45) is 0. The number of carbonyl (C=O) groups excluding carboxylic acids is 2. The molecular formula is C16H15ClN2O4. The van der Waals surface area contributed by atoms with E-state index in [-0.39, 0.29) is 24.5 Å². The summed E-state index contributed by atoms with van der Waals surface area (Å²) in [5.74, 6) is -1.21. The van der Waals surface area contributed by atoms with Crippen molar-refractivity contribution in [2.45, 2.75) is 13.2 Å². The molecular weight excluding hydrogens is 320 g/mol. The van der Waals surface area contributed by atoms with Gasteiger partial charge in [-0.25, -0.2) is 0 Å². The maximum atomic E-state index is 12.2. The van der Waals surface area contributed by atoms with E-state index in [2.05, 4.69) is 5.32 Å². The Bertz CT molecular complexity index is 744. The first-order chi connectivity index (χ1) is 11.0. The molecule has 0 saturated heterocycles. The number of benzene rings is 2. The van der Waals surface area contributed by atoms with Crippen LogP contribution >= 0.6 is 11.6 Å². The number of aliphatic hydroxyl groups is 2. The Labute approximate surface area is 137 Å². The Morgan fingerprint density at radius 1 is 1.04 bits per heavy atom. The Balaban J connectivity index is 2.39. The third-order valence-corrected chi connectivity index (χ3v) is 3.55. The van der Waals surface area contributed by atoms with E-state index in [0.29, 0.717) is 21.7 Å². The van der Waals surface area contributed by atoms with Gasteiger partial charge < -0.3 is 21.3 Å². The van der Waals surface area contributed by atoms with Crippen LogP contribution in [0.25, 0.3) is 0 Å². The molecule has 0 aliphatic carbocycles. The molecule has 0 heterocycles. The van der Waals surface area contributed by atoms with Crippen LogP contribution in [-0.2, 0) is 13.2 Å². The number of primary amides is 1. The molecule has 0 aromatic heterocycles. The van der Waals surface area contributed by atoms with Crippen molar-refractivity contribution in [2.24, 2.45) is 5.73 Å². The molecule has 0 unspecified atom stereocenters. The van der Waals surface area contributed by atoms with Crippen LogP contribution in [0.4, 0.5) is 5.69 Å². The maximum absolute atomic E-state index is 12.2. The van der Waals surface area contributed by atoms with Gasteiger partial charge in [-0.1, -0.05) is 11.6 Å². The highest BCUT2D eigenvalue weighted by Gasteiger charge is 2.16. The van der Waals surface area contributed by atoms with E-state index in [9.17, 15) is 19.8 Å². The summed E-state index contributed by atoms with van der Waals surface area (Å²) >= 11 is 5.77. The number of carbonyl (C=O) groups is 2. The predicted octanol–water partition coefficient (Wildman–Crippen LogP) is 1.68. The lowest BCUT2D eigenvalue weighted by Crippen LogP contribution is -2.19. The summed E-state index contributed by atoms with van der Waals surface area (Å²) in [5.41, 5.74) is 6.63. The molecule has 0 radical (unpaired) electrons. The van der Waals surface area contributed by atoms with Crippen LogP contribution in [0.15, 0.2) is 36.4 Å². The van der Waals surface area contributed by atoms with E-state index >= 15 is 0 Å². The molecule has 5 N–H and O–H groups in total. The second kappa shape index (κ2) is 7.23. The van der Waals surface area contributed by atoms with Gasteiger partial charge in [-0.15, -0.1) is 0 Å². The van der Waals surface area contributed by atoms with E-state index in [4.69, 9.17) is 17.3 Å². The molecule has 2 rings (SSSR count). The summed E-state index contributed by atoms with van der Waals surface area (Å²) in [6.45, 7) is -0.708. The first-order valence-corrected chi connectivity index (χ1v) is 7.08. The SMILES string of the molecule is NC(=O)c1cc(CO)c(CO)cc1NC(=O)c1ccc(Cl)cc1. The molecule has 0 atom stereocenters. The lowest BCUT2D eigenvalue weighted by atomic mass is 10.0. The van der Waals surface area contributed by atoms with Crippen molar-refractivity contribution in [2.75, 3.05) is 5.32 Å². The van der Waals surface area contributed by atoms with E-state index in [0.717, 1.165) is 0 Å². The normalized spacial score (nSPS) is 10.4. The minimum atomic E-state index is -0.754. The molecule has 0 aliphatic rings. The number of rotatable bonds is 5. The summed E-state index contributed by atoms with van der Waals surface area (Å²) < 4.78 is 0. The average molecular weight is 335 g/mol. The van der Waals surface area contributed by atoms with Gasteiger partial charge in [0.25, 0.3) is 11.8 Å². The minimum absolute atomic E-state index is 0.0496. The fourth-order valence-corrected chi connectivity index (χ4v) is 2.21. The molecule has 120 valence electrons. The molecule has 2 amide bonds. The van der Waals surface area contributed by atoms with Gasteiger partial charge in [0.15, 0.2) is 0 Å². The van der Waals surface area contributed by atoms with Crippen molar-refractivity contribution in [3.8, 4) is 0 Å². The lowest BCUT2D eigenvalue weighted by molar-refractivity contribution is 0.100. The summed E-state index contributed by atoms with van der Waals surface area (Å²) in [5, 5.41) is 21.7. The van der Waals surface area contributed by atoms with Gasteiger partial charge >= 0.3 is 0 Å². The topological polar surface area (TPSA) is 113 Å². The molecule has 2 aromatic carbocycles. The number of hydrogen-bond acceptors (Lipinski definition) is 4. The van der Waals surface area contributed by atoms with Gasteiger partial charge in [0.05, 0.1) is 24.5 Å². The molecule has 0 aliphatic heterocycles. The van der Waals surface area contributed by atoms with Crippen molar-refractivity contribution in [1.29, 1.82) is 0 Å². The van der Waals surface area contributed by atoms with E-state index in [1.807, 2.05) is 0 Å². The zero-order valence-corrected chi connectivity index (χ0v) is 12.8. The quantitative estimate of drug-likeness (QED) is 0.666. The zero-order valence-electron chi connectivity index (χ0n) is 12.0. The summed E-state index contributed by atoms with van der Waals surface area (Å²) in [4.78, 5) is 23.8. The maximum Gasteiger partial charge on any atom is 0.255 e. The molecule has 6 nitrogen and oxygen atoms in total. The molecule has 0 bridgehead atoms. The highest BCUT2D eigenvalue weighted by molar-refractivity contribution is 6.30. The largest absolute Gasteiger partial charge is 0.392 e. The van der Waals surface area contributed by atoms with Crippen molar-refractivity contribution < 1.29 is 19.8 Å². The smallest absolute Gasteiger partial charge is 0.255 e. The highest BCUT2D eigenvalue weighted by atomic mass is 35.5. The zero-order chi connectivity index (χ0) is 17.0. The van der Waals surface area contributed by atoms with Gasteiger partial charge in [-0.3, -0.25) is 9.59 Å². The Morgan fingerprint density at radius 3 is 2.13 bits per heavy atom. The number of hydrogen-bond donors (Lipinski definition) is 4. The number of nitrogens with two attached hydrogens (primary N) is 1. The fourth-order valence-electron chi connectivity index (χ4n) is 2.09. The fraction of sp³-hybridized carbons (Fsp3) is 0.125. The van der Waals surface area contributed by atoms with Gasteiger partial charge in [0.2, 0.25) is 0 Å². The molecule has 23 heavy (non-hydrogen) atoms. The molecule has 7 heteroatoms. The third-order valence-electron chi connectivity index (χ3n) is 3.30. The monoisotopic (exact) mass is 334 g/mol. The second-order valence-corrected chi connectivity index (χ2v) is 5.24. The van der Waals surface area contributed by atoms with Gasteiger partial charge in [0, 0.05) is 10.6 Å². The molecule has 2 aromatic rings. The number of anilines is 1. The minimum Gasteiger partial charge on any atom is -0.392 e. The van der Waals surface area contributed by atoms with E-state index < -0.39 is 11.8 Å². The molecule has 0 fully saturated rings. The van der Waals surface area contributed by atoms with Crippen LogP contribution in [0.5, 0.6) is 0 Å². The van der Waals surface area contributed by atoms with Crippen molar-refractivity contribution in [3.05, 3.63) is 63.7 Å². The van der Waals surface area contributed by atoms with Crippen LogP contribution in [0.3, 0.4) is 0 Å². The van der Waals surface area contributed by atoms with E-state index in [1.165, 1.54) is 24.3 Å². The first kappa shape index (κ1) is 17.0. The standard InChI is InChI=1S/C16H15ClN2O4/c17-12-3-1-9(2-4-12)16(23)19-14-6-11(8-21)10(7-20)5-13(14)15(18)22/h1-6,20-21H,7-8H2,(H2,18,22)(H,19,23). The first-order valence-electron chi connectivity index (χ1n) is 6.70. The van der Waals surface area contributed by atoms with Gasteiger partial charge in [-0.05, 0) is 47.5 Å². The predicted molar refractivity (Wildman–Crippen MR) is 86.2 cm³/mol. The van der Waals surface area contributed by atoms with Crippen LogP contribution in [0.2, 0.25) is 5.02 Å². The molecule has 0 spiro atoms. The molecule has 0 saturated carbocycles. The Kier molecular flexibility index (Phi) is 5.33. The second-order valence-electron chi connectivity index (χ2n) is 4.81. The summed E-state index contributed by atoms with van der Waals surface area (Å²) in [7, 11) is 0. The average Bonchev–Trinajstić information content (AvgIpc) is 2.54. The van der Waals surface area contributed by atoms with Crippen LogP contribution in [-0.4, -0.2) is 22.0 Å².